The number of hydrogen-bond acceptors (Lipinski definition) is 6. The number of benzene rings is 2. The third kappa shape index (κ3) is 7.07. The summed E-state index contributed by atoms with van der Waals surface area (Å²) < 4.78 is 34.4. The Kier molecular flexibility index (Phi) is 7.09. The van der Waals surface area contributed by atoms with Gasteiger partial charge in [-0.3, -0.25) is 4.79 Å². The van der Waals surface area contributed by atoms with E-state index in [1.54, 1.807) is 45.0 Å². The smallest absolute Gasteiger partial charge is 0.407 e. The van der Waals surface area contributed by atoms with Crippen LogP contribution >= 0.6 is 0 Å². The molecule has 0 aliphatic heterocycles. The van der Waals surface area contributed by atoms with E-state index in [-0.39, 0.29) is 23.6 Å². The molecule has 0 fully saturated rings. The summed E-state index contributed by atoms with van der Waals surface area (Å²) in [7, 11) is -3.38. The van der Waals surface area contributed by atoms with Gasteiger partial charge in [-0.1, -0.05) is 12.1 Å². The quantitative estimate of drug-likeness (QED) is 0.646. The Balaban J connectivity index is 2.17. The average molecular weight is 435 g/mol. The molecule has 0 heterocycles. The molecular weight excluding hydrogens is 408 g/mol. The van der Waals surface area contributed by atoms with Gasteiger partial charge >= 0.3 is 6.09 Å². The molecule has 8 nitrogen and oxygen atoms in total. The maximum atomic E-state index is 11.8. The Bertz CT molecular complexity index is 1040. The Morgan fingerprint density at radius 1 is 1.07 bits per heavy atom. The highest BCUT2D eigenvalue weighted by Gasteiger charge is 2.16. The van der Waals surface area contributed by atoms with Crippen LogP contribution in [0.4, 0.5) is 4.79 Å². The van der Waals surface area contributed by atoms with E-state index in [2.05, 4.69) is 5.32 Å². The molecule has 2 rings (SSSR count). The van der Waals surface area contributed by atoms with Crippen molar-refractivity contribution in [2.45, 2.75) is 31.3 Å². The Morgan fingerprint density at radius 3 is 2.37 bits per heavy atom. The van der Waals surface area contributed by atoms with E-state index in [0.717, 1.165) is 6.26 Å². The molecule has 2 aromatic carbocycles. The molecule has 0 aromatic heterocycles. The van der Waals surface area contributed by atoms with Crippen molar-refractivity contribution < 1.29 is 27.5 Å². The van der Waals surface area contributed by atoms with Crippen molar-refractivity contribution in [2.75, 3.05) is 19.4 Å². The van der Waals surface area contributed by atoms with Gasteiger partial charge in [-0.05, 0) is 62.2 Å². The van der Waals surface area contributed by atoms with E-state index < -0.39 is 27.4 Å². The van der Waals surface area contributed by atoms with E-state index in [9.17, 15) is 18.0 Å². The molecule has 0 saturated heterocycles. The maximum absolute atomic E-state index is 11.8. The minimum atomic E-state index is -3.38. The van der Waals surface area contributed by atoms with Crippen LogP contribution in [0.1, 0.15) is 31.1 Å². The molecular formula is C21H26N2O6S. The largest absolute Gasteiger partial charge is 0.492 e. The van der Waals surface area contributed by atoms with Crippen molar-refractivity contribution >= 4 is 21.8 Å². The summed E-state index contributed by atoms with van der Waals surface area (Å²) >= 11 is 0. The van der Waals surface area contributed by atoms with E-state index in [4.69, 9.17) is 15.2 Å². The summed E-state index contributed by atoms with van der Waals surface area (Å²) in [5.41, 5.74) is 6.20. The second-order valence-corrected chi connectivity index (χ2v) is 9.70. The highest BCUT2D eigenvalue weighted by Crippen LogP contribution is 2.28. The second kappa shape index (κ2) is 9.17. The number of alkyl carbamates (subject to hydrolysis) is 1. The number of primary amides is 1. The molecule has 162 valence electrons. The molecule has 9 heteroatoms. The van der Waals surface area contributed by atoms with Crippen LogP contribution in [0.5, 0.6) is 5.75 Å². The van der Waals surface area contributed by atoms with Gasteiger partial charge in [0.15, 0.2) is 9.84 Å². The van der Waals surface area contributed by atoms with Crippen molar-refractivity contribution in [3.8, 4) is 16.9 Å². The van der Waals surface area contributed by atoms with E-state index in [1.807, 2.05) is 0 Å². The Labute approximate surface area is 176 Å². The van der Waals surface area contributed by atoms with Crippen molar-refractivity contribution in [3.63, 3.8) is 0 Å². The summed E-state index contributed by atoms with van der Waals surface area (Å²) in [4.78, 5) is 23.5. The van der Waals surface area contributed by atoms with Gasteiger partial charge in [0.05, 0.1) is 11.4 Å². The highest BCUT2D eigenvalue weighted by atomic mass is 32.2. The number of sulfone groups is 1. The number of ether oxygens (including phenoxy) is 2. The summed E-state index contributed by atoms with van der Waals surface area (Å²) in [6, 6.07) is 11.1. The predicted molar refractivity (Wildman–Crippen MR) is 113 cm³/mol. The number of amides is 2. The van der Waals surface area contributed by atoms with Crippen LogP contribution in [0.25, 0.3) is 11.1 Å². The van der Waals surface area contributed by atoms with Gasteiger partial charge in [-0.25, -0.2) is 13.2 Å². The molecule has 0 bridgehead atoms. The fourth-order valence-corrected chi connectivity index (χ4v) is 3.20. The molecule has 0 aliphatic rings. The SMILES string of the molecule is CC(C)(C)OC(=O)NCCOc1cc(C(N)=O)cc(-c2cccc(S(C)(=O)=O)c2)c1. The first-order valence-corrected chi connectivity index (χ1v) is 11.1. The van der Waals surface area contributed by atoms with Gasteiger partial charge in [0.2, 0.25) is 5.91 Å². The average Bonchev–Trinajstić information content (AvgIpc) is 2.63. The fraction of sp³-hybridized carbons (Fsp3) is 0.333. The summed E-state index contributed by atoms with van der Waals surface area (Å²) in [5.74, 6) is -0.287. The Hall–Kier alpha value is -3.07. The topological polar surface area (TPSA) is 125 Å². The number of nitrogens with one attached hydrogen (secondary N) is 1. The van der Waals surface area contributed by atoms with Crippen LogP contribution in [0.3, 0.4) is 0 Å². The van der Waals surface area contributed by atoms with Crippen molar-refractivity contribution in [1.29, 1.82) is 0 Å². The third-order valence-corrected chi connectivity index (χ3v) is 4.94. The normalized spacial score (nSPS) is 11.6. The molecule has 0 radical (unpaired) electrons. The molecule has 3 N–H and O–H groups in total. The van der Waals surface area contributed by atoms with Gasteiger partial charge < -0.3 is 20.5 Å². The van der Waals surface area contributed by atoms with E-state index >= 15 is 0 Å². The summed E-state index contributed by atoms with van der Waals surface area (Å²) in [5, 5.41) is 2.57. The number of rotatable bonds is 7. The standard InChI is InChI=1S/C21H26N2O6S/c1-21(2,3)29-20(25)23-8-9-28-17-11-15(10-16(12-17)19(22)24)14-6-5-7-18(13-14)30(4,26)27/h5-7,10-13H,8-9H2,1-4H3,(H2,22,24)(H,23,25). The molecule has 0 unspecified atom stereocenters. The van der Waals surface area contributed by atoms with E-state index in [0.29, 0.717) is 16.9 Å². The number of hydrogen-bond donors (Lipinski definition) is 2. The van der Waals surface area contributed by atoms with Crippen LogP contribution in [0.15, 0.2) is 47.4 Å². The lowest BCUT2D eigenvalue weighted by atomic mass is 10.0. The summed E-state index contributed by atoms with van der Waals surface area (Å²) in [6.07, 6.45) is 0.563. The first-order chi connectivity index (χ1) is 13.8. The van der Waals surface area contributed by atoms with Crippen LogP contribution in [-0.4, -0.2) is 45.4 Å². The Morgan fingerprint density at radius 2 is 1.77 bits per heavy atom. The zero-order valence-electron chi connectivity index (χ0n) is 17.4. The lowest BCUT2D eigenvalue weighted by Gasteiger charge is -2.19. The monoisotopic (exact) mass is 434 g/mol. The first kappa shape index (κ1) is 23.2. The molecule has 0 spiro atoms. The second-order valence-electron chi connectivity index (χ2n) is 7.69. The van der Waals surface area contributed by atoms with Crippen molar-refractivity contribution in [2.24, 2.45) is 5.73 Å². The molecule has 0 saturated carbocycles. The third-order valence-electron chi connectivity index (χ3n) is 3.83. The van der Waals surface area contributed by atoms with Gasteiger partial charge in [-0.2, -0.15) is 0 Å². The zero-order chi connectivity index (χ0) is 22.5. The number of carbonyl (C=O) groups is 2. The fourth-order valence-electron chi connectivity index (χ4n) is 2.53. The first-order valence-electron chi connectivity index (χ1n) is 9.20. The van der Waals surface area contributed by atoms with Gasteiger partial charge in [0.25, 0.3) is 0 Å². The molecule has 30 heavy (non-hydrogen) atoms. The van der Waals surface area contributed by atoms with Gasteiger partial charge in [0, 0.05) is 11.8 Å². The molecule has 2 amide bonds. The molecule has 0 atom stereocenters. The predicted octanol–water partition coefficient (Wildman–Crippen LogP) is 2.76. The highest BCUT2D eigenvalue weighted by molar-refractivity contribution is 7.90. The van der Waals surface area contributed by atoms with Crippen LogP contribution in [0.2, 0.25) is 0 Å². The van der Waals surface area contributed by atoms with Crippen molar-refractivity contribution in [1.82, 2.24) is 5.32 Å². The lowest BCUT2D eigenvalue weighted by Crippen LogP contribution is -2.34. The minimum absolute atomic E-state index is 0.129. The van der Waals surface area contributed by atoms with Gasteiger partial charge in [0.1, 0.15) is 18.0 Å². The van der Waals surface area contributed by atoms with Crippen LogP contribution in [0, 0.1) is 0 Å². The summed E-state index contributed by atoms with van der Waals surface area (Å²) in [6.45, 7) is 5.61. The van der Waals surface area contributed by atoms with Crippen LogP contribution in [-0.2, 0) is 14.6 Å². The van der Waals surface area contributed by atoms with Crippen LogP contribution < -0.4 is 15.8 Å². The zero-order valence-corrected chi connectivity index (χ0v) is 18.2. The maximum Gasteiger partial charge on any atom is 0.407 e. The number of nitrogens with two attached hydrogens (primary N) is 1. The van der Waals surface area contributed by atoms with E-state index in [1.165, 1.54) is 18.2 Å². The number of carbonyl (C=O) groups excluding carboxylic acids is 2. The lowest BCUT2D eigenvalue weighted by molar-refractivity contribution is 0.0520. The molecule has 2 aromatic rings. The molecule has 0 aliphatic carbocycles. The van der Waals surface area contributed by atoms with Gasteiger partial charge in [-0.15, -0.1) is 0 Å². The van der Waals surface area contributed by atoms with Crippen molar-refractivity contribution in [3.05, 3.63) is 48.0 Å². The minimum Gasteiger partial charge on any atom is -0.492 e.